The van der Waals surface area contributed by atoms with E-state index in [9.17, 15) is 0 Å². The molecule has 0 bridgehead atoms. The molecule has 0 aliphatic rings. The topological polar surface area (TPSA) is 12.0 Å². The first-order valence-corrected chi connectivity index (χ1v) is 7.47. The maximum Gasteiger partial charge on any atom is 0.0587 e. The molecule has 2 rings (SSSR count). The fourth-order valence-corrected chi connectivity index (χ4v) is 3.07. The van der Waals surface area contributed by atoms with E-state index in [1.165, 1.54) is 16.7 Å². The highest BCUT2D eigenvalue weighted by atomic mass is 35.5. The van der Waals surface area contributed by atoms with Crippen LogP contribution in [0, 0.1) is 13.8 Å². The summed E-state index contributed by atoms with van der Waals surface area (Å²) in [5.41, 5.74) is 5.02. The van der Waals surface area contributed by atoms with Gasteiger partial charge in [0.1, 0.15) is 0 Å². The largest absolute Gasteiger partial charge is 0.306 e. The third-order valence-corrected chi connectivity index (χ3v) is 4.25. The van der Waals surface area contributed by atoms with Gasteiger partial charge in [-0.1, -0.05) is 24.6 Å². The van der Waals surface area contributed by atoms with Crippen LogP contribution in [0.1, 0.15) is 35.2 Å². The maximum atomic E-state index is 6.17. The lowest BCUT2D eigenvalue weighted by atomic mass is 9.95. The minimum absolute atomic E-state index is 0.261. The molecule has 0 saturated carbocycles. The first kappa shape index (κ1) is 13.6. The molecule has 1 heterocycles. The van der Waals surface area contributed by atoms with Crippen LogP contribution in [0.5, 0.6) is 0 Å². The molecular formula is C15H18ClNS. The van der Waals surface area contributed by atoms with Crippen LogP contribution in [0.2, 0.25) is 5.02 Å². The zero-order valence-electron chi connectivity index (χ0n) is 11.0. The summed E-state index contributed by atoms with van der Waals surface area (Å²) >= 11 is 7.91. The second-order valence-electron chi connectivity index (χ2n) is 4.51. The number of halogens is 1. The van der Waals surface area contributed by atoms with Gasteiger partial charge in [-0.2, -0.15) is 11.3 Å². The van der Waals surface area contributed by atoms with Crippen LogP contribution < -0.4 is 5.32 Å². The van der Waals surface area contributed by atoms with Gasteiger partial charge in [0.05, 0.1) is 6.04 Å². The zero-order valence-corrected chi connectivity index (χ0v) is 12.5. The molecule has 0 amide bonds. The Morgan fingerprint density at radius 3 is 2.67 bits per heavy atom. The fraction of sp³-hybridized carbons (Fsp3) is 0.333. The minimum Gasteiger partial charge on any atom is -0.306 e. The Labute approximate surface area is 118 Å². The Kier molecular flexibility index (Phi) is 4.44. The summed E-state index contributed by atoms with van der Waals surface area (Å²) in [6.07, 6.45) is 0. The SMILES string of the molecule is CCNC(c1ccsc1)c1cc(C)c(Cl)cc1C. The highest BCUT2D eigenvalue weighted by Crippen LogP contribution is 2.30. The van der Waals surface area contributed by atoms with Crippen molar-refractivity contribution < 1.29 is 0 Å². The second-order valence-corrected chi connectivity index (χ2v) is 5.69. The third kappa shape index (κ3) is 2.77. The number of rotatable bonds is 4. The monoisotopic (exact) mass is 279 g/mol. The van der Waals surface area contributed by atoms with Gasteiger partial charge in [0.25, 0.3) is 0 Å². The van der Waals surface area contributed by atoms with Crippen molar-refractivity contribution in [3.8, 4) is 0 Å². The van der Waals surface area contributed by atoms with E-state index in [2.05, 4.69) is 55.0 Å². The van der Waals surface area contributed by atoms with Gasteiger partial charge < -0.3 is 5.32 Å². The van der Waals surface area contributed by atoms with E-state index in [4.69, 9.17) is 11.6 Å². The number of benzene rings is 1. The second kappa shape index (κ2) is 5.87. The molecule has 1 N–H and O–H groups in total. The van der Waals surface area contributed by atoms with Gasteiger partial charge in [-0.3, -0.25) is 0 Å². The molecule has 1 nitrogen and oxygen atoms in total. The molecule has 2 aromatic rings. The Balaban J connectivity index is 2.46. The Morgan fingerprint density at radius 2 is 2.06 bits per heavy atom. The number of aryl methyl sites for hydroxylation is 2. The molecule has 0 aliphatic carbocycles. The van der Waals surface area contributed by atoms with Crippen molar-refractivity contribution in [1.82, 2.24) is 5.32 Å². The van der Waals surface area contributed by atoms with Crippen LogP contribution in [0.3, 0.4) is 0 Å². The van der Waals surface area contributed by atoms with Gasteiger partial charge in [-0.15, -0.1) is 0 Å². The maximum absolute atomic E-state index is 6.17. The number of nitrogens with one attached hydrogen (secondary N) is 1. The highest BCUT2D eigenvalue weighted by molar-refractivity contribution is 7.08. The van der Waals surface area contributed by atoms with Crippen molar-refractivity contribution in [2.24, 2.45) is 0 Å². The zero-order chi connectivity index (χ0) is 13.1. The predicted molar refractivity (Wildman–Crippen MR) is 80.8 cm³/mol. The lowest BCUT2D eigenvalue weighted by molar-refractivity contribution is 0.629. The van der Waals surface area contributed by atoms with E-state index in [1.807, 2.05) is 0 Å². The molecule has 0 fully saturated rings. The molecule has 96 valence electrons. The molecule has 0 radical (unpaired) electrons. The number of hydrogen-bond acceptors (Lipinski definition) is 2. The van der Waals surface area contributed by atoms with Gasteiger partial charge in [-0.25, -0.2) is 0 Å². The van der Waals surface area contributed by atoms with Gasteiger partial charge in [0.2, 0.25) is 0 Å². The molecule has 1 atom stereocenters. The van der Waals surface area contributed by atoms with Gasteiger partial charge in [0, 0.05) is 5.02 Å². The molecule has 1 aromatic heterocycles. The van der Waals surface area contributed by atoms with Crippen molar-refractivity contribution in [1.29, 1.82) is 0 Å². The Morgan fingerprint density at radius 1 is 1.28 bits per heavy atom. The van der Waals surface area contributed by atoms with Crippen molar-refractivity contribution >= 4 is 22.9 Å². The first-order chi connectivity index (χ1) is 8.63. The summed E-state index contributed by atoms with van der Waals surface area (Å²) in [5.74, 6) is 0. The van der Waals surface area contributed by atoms with E-state index < -0.39 is 0 Å². The number of hydrogen-bond donors (Lipinski definition) is 1. The van der Waals surface area contributed by atoms with Gasteiger partial charge in [0.15, 0.2) is 0 Å². The van der Waals surface area contributed by atoms with Crippen LogP contribution in [0.25, 0.3) is 0 Å². The van der Waals surface area contributed by atoms with Crippen LogP contribution in [-0.2, 0) is 0 Å². The van der Waals surface area contributed by atoms with Crippen molar-refractivity contribution in [2.75, 3.05) is 6.54 Å². The minimum atomic E-state index is 0.261. The first-order valence-electron chi connectivity index (χ1n) is 6.15. The molecule has 0 spiro atoms. The average Bonchev–Trinajstić information content (AvgIpc) is 2.85. The van der Waals surface area contributed by atoms with E-state index in [0.29, 0.717) is 0 Å². The molecule has 1 unspecified atom stereocenters. The summed E-state index contributed by atoms with van der Waals surface area (Å²) in [5, 5.41) is 8.72. The number of thiophene rings is 1. The van der Waals surface area contributed by atoms with Crippen LogP contribution >= 0.6 is 22.9 Å². The van der Waals surface area contributed by atoms with Gasteiger partial charge in [-0.05, 0) is 65.5 Å². The van der Waals surface area contributed by atoms with Crippen molar-refractivity contribution in [3.05, 3.63) is 56.2 Å². The summed E-state index contributed by atoms with van der Waals surface area (Å²) in [6, 6.07) is 6.70. The van der Waals surface area contributed by atoms with Crippen LogP contribution in [-0.4, -0.2) is 6.54 Å². The van der Waals surface area contributed by atoms with E-state index in [0.717, 1.165) is 17.1 Å². The molecular weight excluding hydrogens is 262 g/mol. The third-order valence-electron chi connectivity index (χ3n) is 3.14. The molecule has 0 aliphatic heterocycles. The summed E-state index contributed by atoms with van der Waals surface area (Å²) in [6.45, 7) is 7.26. The van der Waals surface area contributed by atoms with E-state index >= 15 is 0 Å². The van der Waals surface area contributed by atoms with Gasteiger partial charge >= 0.3 is 0 Å². The van der Waals surface area contributed by atoms with Crippen molar-refractivity contribution in [2.45, 2.75) is 26.8 Å². The van der Waals surface area contributed by atoms with E-state index in [1.54, 1.807) is 11.3 Å². The Hall–Kier alpha value is -0.830. The summed E-state index contributed by atoms with van der Waals surface area (Å²) in [7, 11) is 0. The highest BCUT2D eigenvalue weighted by Gasteiger charge is 2.16. The smallest absolute Gasteiger partial charge is 0.0587 e. The summed E-state index contributed by atoms with van der Waals surface area (Å²) in [4.78, 5) is 0. The molecule has 0 saturated heterocycles. The lowest BCUT2D eigenvalue weighted by Crippen LogP contribution is -2.22. The van der Waals surface area contributed by atoms with Crippen LogP contribution in [0.4, 0.5) is 0 Å². The lowest BCUT2D eigenvalue weighted by Gasteiger charge is -2.20. The van der Waals surface area contributed by atoms with E-state index in [-0.39, 0.29) is 6.04 Å². The average molecular weight is 280 g/mol. The standard InChI is InChI=1S/C15H18ClNS/c1-4-17-15(12-5-6-18-9-12)13-7-11(3)14(16)8-10(13)2/h5-9,15,17H,4H2,1-3H3. The molecule has 3 heteroatoms. The molecule has 18 heavy (non-hydrogen) atoms. The summed E-state index contributed by atoms with van der Waals surface area (Å²) < 4.78 is 0. The van der Waals surface area contributed by atoms with Crippen molar-refractivity contribution in [3.63, 3.8) is 0 Å². The predicted octanol–water partition coefficient (Wildman–Crippen LogP) is 4.72. The fourth-order valence-electron chi connectivity index (χ4n) is 2.17. The van der Waals surface area contributed by atoms with Crippen LogP contribution in [0.15, 0.2) is 29.0 Å². The normalized spacial score (nSPS) is 12.7. The Bertz CT molecular complexity index is 520. The molecule has 1 aromatic carbocycles. The quantitative estimate of drug-likeness (QED) is 0.854.